The summed E-state index contributed by atoms with van der Waals surface area (Å²) in [6.07, 6.45) is 0. The van der Waals surface area contributed by atoms with E-state index in [9.17, 15) is 9.59 Å². The van der Waals surface area contributed by atoms with Gasteiger partial charge in [0.15, 0.2) is 0 Å². The fraction of sp³-hybridized carbons (Fsp3) is 0.294. The van der Waals surface area contributed by atoms with Gasteiger partial charge in [0, 0.05) is 49.9 Å². The monoisotopic (exact) mass is 295 g/mol. The summed E-state index contributed by atoms with van der Waals surface area (Å²) in [5, 5.41) is 5.07. The zero-order valence-corrected chi connectivity index (χ0v) is 12.4. The molecular weight excluding hydrogens is 278 g/mol. The third kappa shape index (κ3) is 1.82. The molecule has 2 aliphatic rings. The van der Waals surface area contributed by atoms with E-state index in [0.29, 0.717) is 11.1 Å². The van der Waals surface area contributed by atoms with Gasteiger partial charge in [-0.05, 0) is 23.6 Å². The standard InChI is InChI=1S/C17H17N3O2/c1-19-16(21)13-4-2-3-11-9-12(20-7-5-18-6-8-20)10-14(15(11)13)17(19)22/h2-4,9-10,18H,5-8H2,1H3. The highest BCUT2D eigenvalue weighted by Crippen LogP contribution is 2.33. The fourth-order valence-electron chi connectivity index (χ4n) is 3.32. The number of rotatable bonds is 1. The van der Waals surface area contributed by atoms with Crippen LogP contribution >= 0.6 is 0 Å². The minimum Gasteiger partial charge on any atom is -0.369 e. The Balaban J connectivity index is 1.95. The predicted octanol–water partition coefficient (Wildman–Crippen LogP) is 1.48. The van der Waals surface area contributed by atoms with Gasteiger partial charge in [0.1, 0.15) is 0 Å². The fourth-order valence-corrected chi connectivity index (χ4v) is 3.32. The van der Waals surface area contributed by atoms with Gasteiger partial charge in [-0.3, -0.25) is 14.5 Å². The number of imide groups is 1. The molecule has 1 fully saturated rings. The first-order chi connectivity index (χ1) is 10.7. The van der Waals surface area contributed by atoms with Crippen LogP contribution in [-0.2, 0) is 0 Å². The van der Waals surface area contributed by atoms with E-state index in [2.05, 4.69) is 16.3 Å². The Kier molecular flexibility index (Phi) is 2.90. The summed E-state index contributed by atoms with van der Waals surface area (Å²) < 4.78 is 0. The van der Waals surface area contributed by atoms with E-state index < -0.39 is 0 Å². The van der Waals surface area contributed by atoms with Gasteiger partial charge < -0.3 is 10.2 Å². The lowest BCUT2D eigenvalue weighted by Crippen LogP contribution is -2.43. The molecule has 22 heavy (non-hydrogen) atoms. The number of carbonyl (C=O) groups is 2. The van der Waals surface area contributed by atoms with Crippen LogP contribution in [0.2, 0.25) is 0 Å². The molecule has 5 nitrogen and oxygen atoms in total. The Morgan fingerprint density at radius 3 is 2.50 bits per heavy atom. The smallest absolute Gasteiger partial charge is 0.261 e. The summed E-state index contributed by atoms with van der Waals surface area (Å²) in [6.45, 7) is 3.74. The van der Waals surface area contributed by atoms with Gasteiger partial charge >= 0.3 is 0 Å². The number of carbonyl (C=O) groups excluding carboxylic acids is 2. The Labute approximate surface area is 128 Å². The third-order valence-corrected chi connectivity index (χ3v) is 4.51. The van der Waals surface area contributed by atoms with Crippen LogP contribution in [-0.4, -0.2) is 49.9 Å². The van der Waals surface area contributed by atoms with Gasteiger partial charge in [0.2, 0.25) is 0 Å². The van der Waals surface area contributed by atoms with Crippen LogP contribution in [0.15, 0.2) is 30.3 Å². The van der Waals surface area contributed by atoms with Crippen LogP contribution in [0.5, 0.6) is 0 Å². The minimum atomic E-state index is -0.224. The maximum absolute atomic E-state index is 12.5. The number of hydrogen-bond donors (Lipinski definition) is 1. The van der Waals surface area contributed by atoms with E-state index in [1.165, 1.54) is 4.90 Å². The Morgan fingerprint density at radius 1 is 1.00 bits per heavy atom. The van der Waals surface area contributed by atoms with Crippen molar-refractivity contribution in [2.75, 3.05) is 38.1 Å². The topological polar surface area (TPSA) is 52.7 Å². The molecule has 2 heterocycles. The molecule has 0 radical (unpaired) electrons. The highest BCUT2D eigenvalue weighted by atomic mass is 16.2. The second kappa shape index (κ2) is 4.81. The number of nitrogens with one attached hydrogen (secondary N) is 1. The molecule has 0 saturated carbocycles. The average Bonchev–Trinajstić information content (AvgIpc) is 2.58. The summed E-state index contributed by atoms with van der Waals surface area (Å²) >= 11 is 0. The van der Waals surface area contributed by atoms with Crippen LogP contribution in [0.25, 0.3) is 10.8 Å². The quantitative estimate of drug-likeness (QED) is 0.810. The zero-order chi connectivity index (χ0) is 15.3. The van der Waals surface area contributed by atoms with E-state index in [4.69, 9.17) is 0 Å². The Bertz CT molecular complexity index is 794. The van der Waals surface area contributed by atoms with E-state index >= 15 is 0 Å². The van der Waals surface area contributed by atoms with Crippen molar-refractivity contribution in [2.45, 2.75) is 0 Å². The van der Waals surface area contributed by atoms with Crippen molar-refractivity contribution >= 4 is 28.3 Å². The lowest BCUT2D eigenvalue weighted by Gasteiger charge is -2.31. The highest BCUT2D eigenvalue weighted by molar-refractivity contribution is 6.25. The molecule has 0 aromatic heterocycles. The molecule has 0 unspecified atom stereocenters. The number of benzene rings is 2. The van der Waals surface area contributed by atoms with Gasteiger partial charge in [-0.15, -0.1) is 0 Å². The van der Waals surface area contributed by atoms with E-state index in [-0.39, 0.29) is 11.8 Å². The molecule has 2 aromatic rings. The van der Waals surface area contributed by atoms with Crippen molar-refractivity contribution in [1.29, 1.82) is 0 Å². The first kappa shape index (κ1) is 13.3. The molecule has 0 bridgehead atoms. The second-order valence-corrected chi connectivity index (χ2v) is 5.80. The van der Waals surface area contributed by atoms with Gasteiger partial charge in [0.25, 0.3) is 11.8 Å². The summed E-state index contributed by atoms with van der Waals surface area (Å²) in [7, 11) is 1.55. The first-order valence-electron chi connectivity index (χ1n) is 7.51. The minimum absolute atomic E-state index is 0.217. The number of anilines is 1. The molecule has 0 aliphatic carbocycles. The molecular formula is C17H17N3O2. The number of hydrogen-bond acceptors (Lipinski definition) is 4. The Morgan fingerprint density at radius 2 is 1.73 bits per heavy atom. The molecule has 2 amide bonds. The molecule has 5 heteroatoms. The maximum atomic E-state index is 12.5. The van der Waals surface area contributed by atoms with Crippen molar-refractivity contribution in [3.05, 3.63) is 41.5 Å². The van der Waals surface area contributed by atoms with Gasteiger partial charge in [-0.25, -0.2) is 0 Å². The SMILES string of the molecule is CN1C(=O)c2cccc3cc(N4CCNCC4)cc(c23)C1=O. The molecule has 1 saturated heterocycles. The third-order valence-electron chi connectivity index (χ3n) is 4.51. The van der Waals surface area contributed by atoms with Crippen LogP contribution in [0.1, 0.15) is 20.7 Å². The largest absolute Gasteiger partial charge is 0.369 e. The molecule has 112 valence electrons. The lowest BCUT2D eigenvalue weighted by molar-refractivity contribution is 0.0650. The molecule has 0 spiro atoms. The predicted molar refractivity (Wildman–Crippen MR) is 85.5 cm³/mol. The lowest BCUT2D eigenvalue weighted by atomic mass is 9.93. The summed E-state index contributed by atoms with van der Waals surface area (Å²) in [5.74, 6) is -0.441. The van der Waals surface area contributed by atoms with Crippen LogP contribution in [0.4, 0.5) is 5.69 Å². The number of nitrogens with zero attached hydrogens (tertiary/aromatic N) is 2. The maximum Gasteiger partial charge on any atom is 0.261 e. The molecule has 1 N–H and O–H groups in total. The van der Waals surface area contributed by atoms with Gasteiger partial charge in [-0.2, -0.15) is 0 Å². The number of piperazine rings is 1. The highest BCUT2D eigenvalue weighted by Gasteiger charge is 2.30. The van der Waals surface area contributed by atoms with Crippen LogP contribution in [0, 0.1) is 0 Å². The molecule has 2 aromatic carbocycles. The van der Waals surface area contributed by atoms with Gasteiger partial charge in [-0.1, -0.05) is 12.1 Å². The number of amides is 2. The van der Waals surface area contributed by atoms with Gasteiger partial charge in [0.05, 0.1) is 5.56 Å². The van der Waals surface area contributed by atoms with E-state index in [0.717, 1.165) is 42.6 Å². The molecule has 4 rings (SSSR count). The van der Waals surface area contributed by atoms with Crippen LogP contribution in [0.3, 0.4) is 0 Å². The Hall–Kier alpha value is -2.40. The summed E-state index contributed by atoms with van der Waals surface area (Å²) in [5.41, 5.74) is 2.29. The average molecular weight is 295 g/mol. The van der Waals surface area contributed by atoms with Crippen molar-refractivity contribution in [1.82, 2.24) is 10.2 Å². The summed E-state index contributed by atoms with van der Waals surface area (Å²) in [4.78, 5) is 28.3. The van der Waals surface area contributed by atoms with Crippen molar-refractivity contribution in [2.24, 2.45) is 0 Å². The van der Waals surface area contributed by atoms with Crippen LogP contribution < -0.4 is 10.2 Å². The van der Waals surface area contributed by atoms with E-state index in [1.54, 1.807) is 13.1 Å². The second-order valence-electron chi connectivity index (χ2n) is 5.80. The molecule has 2 aliphatic heterocycles. The van der Waals surface area contributed by atoms with Crippen molar-refractivity contribution in [3.8, 4) is 0 Å². The zero-order valence-electron chi connectivity index (χ0n) is 12.4. The molecule has 0 atom stereocenters. The summed E-state index contributed by atoms with van der Waals surface area (Å²) in [6, 6.07) is 9.66. The normalized spacial score (nSPS) is 18.2. The first-order valence-corrected chi connectivity index (χ1v) is 7.51. The van der Waals surface area contributed by atoms with Crippen molar-refractivity contribution in [3.63, 3.8) is 0 Å². The van der Waals surface area contributed by atoms with E-state index in [1.807, 2.05) is 18.2 Å². The van der Waals surface area contributed by atoms with Crippen molar-refractivity contribution < 1.29 is 9.59 Å².